The number of amides is 1. The molecular formula is C25H21FN2O3. The molecule has 0 bridgehead atoms. The van der Waals surface area contributed by atoms with Crippen molar-refractivity contribution in [3.63, 3.8) is 0 Å². The van der Waals surface area contributed by atoms with Gasteiger partial charge in [0.2, 0.25) is 0 Å². The molecule has 0 spiro atoms. The van der Waals surface area contributed by atoms with Gasteiger partial charge in [-0.2, -0.15) is 5.26 Å². The van der Waals surface area contributed by atoms with Gasteiger partial charge in [0, 0.05) is 6.54 Å². The van der Waals surface area contributed by atoms with Crippen molar-refractivity contribution >= 4 is 12.0 Å². The maximum atomic E-state index is 12.9. The number of nitrogens with zero attached hydrogens (tertiary/aromatic N) is 1. The minimum Gasteiger partial charge on any atom is -0.497 e. The fourth-order valence-corrected chi connectivity index (χ4v) is 2.74. The lowest BCUT2D eigenvalue weighted by Gasteiger charge is -2.07. The molecule has 6 heteroatoms. The molecule has 0 aliphatic rings. The summed E-state index contributed by atoms with van der Waals surface area (Å²) in [5.74, 6) is 0.623. The summed E-state index contributed by atoms with van der Waals surface area (Å²) in [6, 6.07) is 22.4. The summed E-state index contributed by atoms with van der Waals surface area (Å²) in [6.07, 6.45) is 1.52. The Balaban J connectivity index is 1.57. The van der Waals surface area contributed by atoms with Gasteiger partial charge in [-0.3, -0.25) is 4.79 Å². The first-order chi connectivity index (χ1) is 15.1. The molecule has 1 amide bonds. The van der Waals surface area contributed by atoms with Crippen LogP contribution in [0.3, 0.4) is 0 Å². The number of halogens is 1. The molecule has 3 rings (SSSR count). The highest BCUT2D eigenvalue weighted by molar-refractivity contribution is 6.01. The molecule has 0 atom stereocenters. The normalized spacial score (nSPS) is 10.8. The number of hydrogen-bond donors (Lipinski definition) is 1. The second kappa shape index (κ2) is 10.6. The molecule has 0 saturated carbocycles. The largest absolute Gasteiger partial charge is 0.497 e. The van der Waals surface area contributed by atoms with E-state index in [1.54, 1.807) is 43.5 Å². The maximum Gasteiger partial charge on any atom is 0.262 e. The van der Waals surface area contributed by atoms with Gasteiger partial charge in [0.05, 0.1) is 7.11 Å². The highest BCUT2D eigenvalue weighted by atomic mass is 19.1. The van der Waals surface area contributed by atoms with Gasteiger partial charge in [-0.1, -0.05) is 36.4 Å². The summed E-state index contributed by atoms with van der Waals surface area (Å²) < 4.78 is 23.7. The molecule has 0 fully saturated rings. The fraction of sp³-hybridized carbons (Fsp3) is 0.120. The number of carbonyl (C=O) groups is 1. The van der Waals surface area contributed by atoms with E-state index >= 15 is 0 Å². The molecule has 0 radical (unpaired) electrons. The van der Waals surface area contributed by atoms with E-state index in [4.69, 9.17) is 9.47 Å². The van der Waals surface area contributed by atoms with E-state index in [1.165, 1.54) is 18.2 Å². The zero-order chi connectivity index (χ0) is 22.1. The first-order valence-corrected chi connectivity index (χ1v) is 9.57. The average Bonchev–Trinajstić information content (AvgIpc) is 2.81. The predicted octanol–water partition coefficient (Wildman–Crippen LogP) is 4.64. The molecule has 0 aromatic heterocycles. The Morgan fingerprint density at radius 2 is 1.58 bits per heavy atom. The lowest BCUT2D eigenvalue weighted by atomic mass is 10.1. The van der Waals surface area contributed by atoms with Gasteiger partial charge in [-0.15, -0.1) is 0 Å². The van der Waals surface area contributed by atoms with Gasteiger partial charge in [-0.25, -0.2) is 4.39 Å². The highest BCUT2D eigenvalue weighted by Gasteiger charge is 2.09. The Kier molecular flexibility index (Phi) is 7.39. The third kappa shape index (κ3) is 6.44. The zero-order valence-electron chi connectivity index (χ0n) is 17.0. The number of carbonyl (C=O) groups excluding carboxylic acids is 1. The first-order valence-electron chi connectivity index (χ1n) is 9.57. The second-order valence-corrected chi connectivity index (χ2v) is 6.68. The summed E-state index contributed by atoms with van der Waals surface area (Å²) in [7, 11) is 1.59. The van der Waals surface area contributed by atoms with Crippen molar-refractivity contribution in [2.24, 2.45) is 0 Å². The summed E-state index contributed by atoms with van der Waals surface area (Å²) in [6.45, 7) is 0.616. The minimum atomic E-state index is -0.449. The molecule has 0 aliphatic carbocycles. The van der Waals surface area contributed by atoms with Crippen molar-refractivity contribution in [3.8, 4) is 17.6 Å². The number of methoxy groups -OCH3 is 1. The quantitative estimate of drug-likeness (QED) is 0.429. The van der Waals surface area contributed by atoms with E-state index in [2.05, 4.69) is 5.32 Å². The lowest BCUT2D eigenvalue weighted by Crippen LogP contribution is -2.23. The van der Waals surface area contributed by atoms with Crippen LogP contribution in [0.2, 0.25) is 0 Å². The average molecular weight is 416 g/mol. The van der Waals surface area contributed by atoms with E-state index in [0.717, 1.165) is 16.9 Å². The van der Waals surface area contributed by atoms with E-state index < -0.39 is 5.91 Å². The van der Waals surface area contributed by atoms with Crippen molar-refractivity contribution in [2.75, 3.05) is 7.11 Å². The number of nitrogens with one attached hydrogen (secondary N) is 1. The van der Waals surface area contributed by atoms with E-state index in [-0.39, 0.29) is 11.4 Å². The van der Waals surface area contributed by atoms with Crippen LogP contribution in [0.4, 0.5) is 4.39 Å². The van der Waals surface area contributed by atoms with E-state index in [9.17, 15) is 14.4 Å². The Bertz CT molecular complexity index is 1080. The first kappa shape index (κ1) is 21.6. The standard InChI is InChI=1S/C25H21FN2O3/c1-30-23-10-6-19(7-11-23)16-28-25(29)21(15-27)14-18-4-12-24(13-5-18)31-17-20-2-8-22(26)9-3-20/h2-14H,16-17H2,1H3,(H,28,29)/b21-14-. The molecule has 3 aromatic carbocycles. The van der Waals surface area contributed by atoms with Crippen LogP contribution in [0, 0.1) is 17.1 Å². The molecule has 0 heterocycles. The molecular weight excluding hydrogens is 395 g/mol. The van der Waals surface area contributed by atoms with Gasteiger partial charge >= 0.3 is 0 Å². The third-order valence-electron chi connectivity index (χ3n) is 4.49. The van der Waals surface area contributed by atoms with Gasteiger partial charge < -0.3 is 14.8 Å². The molecule has 31 heavy (non-hydrogen) atoms. The van der Waals surface area contributed by atoms with Crippen molar-refractivity contribution < 1.29 is 18.7 Å². The van der Waals surface area contributed by atoms with Crippen LogP contribution in [-0.4, -0.2) is 13.0 Å². The van der Waals surface area contributed by atoms with Crippen LogP contribution in [0.1, 0.15) is 16.7 Å². The van der Waals surface area contributed by atoms with Gasteiger partial charge in [-0.05, 0) is 59.2 Å². The van der Waals surface area contributed by atoms with Gasteiger partial charge in [0.1, 0.15) is 35.6 Å². The van der Waals surface area contributed by atoms with Crippen LogP contribution < -0.4 is 14.8 Å². The molecule has 0 aliphatic heterocycles. The summed E-state index contributed by atoms with van der Waals surface area (Å²) in [5.41, 5.74) is 2.46. The van der Waals surface area contributed by atoms with E-state index in [0.29, 0.717) is 24.5 Å². The molecule has 1 N–H and O–H groups in total. The summed E-state index contributed by atoms with van der Waals surface area (Å²) in [4.78, 5) is 12.3. The molecule has 0 saturated heterocycles. The Labute approximate surface area is 180 Å². The minimum absolute atomic E-state index is 0.00786. The lowest BCUT2D eigenvalue weighted by molar-refractivity contribution is -0.117. The van der Waals surface area contributed by atoms with Crippen molar-refractivity contribution in [1.82, 2.24) is 5.32 Å². The maximum absolute atomic E-state index is 12.9. The molecule has 3 aromatic rings. The Morgan fingerprint density at radius 1 is 0.968 bits per heavy atom. The molecule has 156 valence electrons. The monoisotopic (exact) mass is 416 g/mol. The van der Waals surface area contributed by atoms with Crippen LogP contribution in [0.15, 0.2) is 78.4 Å². The van der Waals surface area contributed by atoms with Crippen molar-refractivity contribution in [2.45, 2.75) is 13.2 Å². The number of nitriles is 1. The topological polar surface area (TPSA) is 71.3 Å². The van der Waals surface area contributed by atoms with Crippen molar-refractivity contribution in [1.29, 1.82) is 5.26 Å². The van der Waals surface area contributed by atoms with Gasteiger partial charge in [0.25, 0.3) is 5.91 Å². The number of ether oxygens (including phenoxy) is 2. The summed E-state index contributed by atoms with van der Waals surface area (Å²) >= 11 is 0. The molecule has 0 unspecified atom stereocenters. The van der Waals surface area contributed by atoms with Crippen molar-refractivity contribution in [3.05, 3.63) is 101 Å². The zero-order valence-corrected chi connectivity index (χ0v) is 17.0. The van der Waals surface area contributed by atoms with Crippen LogP contribution in [-0.2, 0) is 17.9 Å². The van der Waals surface area contributed by atoms with Crippen LogP contribution >= 0.6 is 0 Å². The summed E-state index contributed by atoms with van der Waals surface area (Å²) in [5, 5.41) is 12.1. The van der Waals surface area contributed by atoms with Crippen LogP contribution in [0.25, 0.3) is 6.08 Å². The highest BCUT2D eigenvalue weighted by Crippen LogP contribution is 2.17. The second-order valence-electron chi connectivity index (χ2n) is 6.68. The SMILES string of the molecule is COc1ccc(CNC(=O)/C(C#N)=C\c2ccc(OCc3ccc(F)cc3)cc2)cc1. The fourth-order valence-electron chi connectivity index (χ4n) is 2.74. The third-order valence-corrected chi connectivity index (χ3v) is 4.49. The number of benzene rings is 3. The van der Waals surface area contributed by atoms with Gasteiger partial charge in [0.15, 0.2) is 0 Å². The molecule has 5 nitrogen and oxygen atoms in total. The number of rotatable bonds is 8. The number of hydrogen-bond acceptors (Lipinski definition) is 4. The van der Waals surface area contributed by atoms with E-state index in [1.807, 2.05) is 30.3 Å². The smallest absolute Gasteiger partial charge is 0.262 e. The predicted molar refractivity (Wildman–Crippen MR) is 116 cm³/mol. The van der Waals surface area contributed by atoms with Crippen LogP contribution in [0.5, 0.6) is 11.5 Å². The Morgan fingerprint density at radius 3 is 2.19 bits per heavy atom. The Hall–Kier alpha value is -4.11.